The Labute approximate surface area is 185 Å². The molecule has 1 amide bonds. The summed E-state index contributed by atoms with van der Waals surface area (Å²) in [5.74, 6) is 1.09. The molecule has 0 fully saturated rings. The molecule has 0 aliphatic carbocycles. The number of nitrogens with one attached hydrogen (secondary N) is 2. The molecule has 2 aromatic carbocycles. The lowest BCUT2D eigenvalue weighted by Gasteiger charge is -2.12. The number of aryl methyl sites for hydroxylation is 1. The molecule has 0 bridgehead atoms. The summed E-state index contributed by atoms with van der Waals surface area (Å²) in [6, 6.07) is 18.0. The minimum Gasteiger partial charge on any atom is -0.377 e. The predicted molar refractivity (Wildman–Crippen MR) is 127 cm³/mol. The van der Waals surface area contributed by atoms with Crippen LogP contribution in [0.3, 0.4) is 0 Å². The molecule has 0 saturated heterocycles. The van der Waals surface area contributed by atoms with Crippen molar-refractivity contribution in [2.75, 3.05) is 24.3 Å². The number of rotatable bonds is 8. The number of hydrogen-bond donors (Lipinski definition) is 2. The van der Waals surface area contributed by atoms with Gasteiger partial charge in [-0.25, -0.2) is 9.97 Å². The van der Waals surface area contributed by atoms with Crippen molar-refractivity contribution >= 4 is 39.0 Å². The maximum Gasteiger partial charge on any atom is 0.243 e. The van der Waals surface area contributed by atoms with Crippen LogP contribution in [0.4, 0.5) is 11.5 Å². The molecule has 0 aliphatic rings. The van der Waals surface area contributed by atoms with Crippen LogP contribution in [0.15, 0.2) is 60.0 Å². The standard InChI is InChI=1S/C24H24N4O2S/c1-3-16-9-7-8-12-19(16)26-21(29)13-25-23-22-18(17-10-5-4-6-11-17)15-31-24(22)28-20(27-23)14-30-2/h4-12,15H,3,13-14H2,1-2H3,(H,26,29)(H,25,27,28). The number of aromatic nitrogens is 2. The van der Waals surface area contributed by atoms with E-state index in [4.69, 9.17) is 4.74 Å². The molecule has 4 rings (SSSR count). The SMILES string of the molecule is CCc1ccccc1NC(=O)CNc1nc(COC)nc2scc(-c3ccccc3)c12. The van der Waals surface area contributed by atoms with Gasteiger partial charge in [0.05, 0.1) is 11.9 Å². The van der Waals surface area contributed by atoms with Gasteiger partial charge in [-0.3, -0.25) is 4.79 Å². The molecule has 0 unspecified atom stereocenters. The number of methoxy groups -OCH3 is 1. The number of benzene rings is 2. The molecule has 6 nitrogen and oxygen atoms in total. The smallest absolute Gasteiger partial charge is 0.243 e. The number of nitrogens with zero attached hydrogens (tertiary/aromatic N) is 2. The van der Waals surface area contributed by atoms with Crippen molar-refractivity contribution in [2.45, 2.75) is 20.0 Å². The molecular weight excluding hydrogens is 408 g/mol. The molecule has 4 aromatic rings. The fraction of sp³-hybridized carbons (Fsp3) is 0.208. The maximum atomic E-state index is 12.7. The number of anilines is 2. The molecule has 2 heterocycles. The third-order valence-corrected chi connectivity index (χ3v) is 5.80. The number of fused-ring (bicyclic) bond motifs is 1. The lowest BCUT2D eigenvalue weighted by Crippen LogP contribution is -2.23. The molecule has 0 saturated carbocycles. The highest BCUT2D eigenvalue weighted by atomic mass is 32.1. The summed E-state index contributed by atoms with van der Waals surface area (Å²) >= 11 is 1.56. The fourth-order valence-corrected chi connectivity index (χ4v) is 4.41. The zero-order valence-corrected chi connectivity index (χ0v) is 18.3. The quantitative estimate of drug-likeness (QED) is 0.404. The van der Waals surface area contributed by atoms with Crippen molar-refractivity contribution in [3.05, 3.63) is 71.4 Å². The highest BCUT2D eigenvalue weighted by Crippen LogP contribution is 2.37. The zero-order chi connectivity index (χ0) is 21.6. The van der Waals surface area contributed by atoms with E-state index < -0.39 is 0 Å². The van der Waals surface area contributed by atoms with E-state index in [1.807, 2.05) is 42.5 Å². The van der Waals surface area contributed by atoms with Crippen LogP contribution < -0.4 is 10.6 Å². The first-order chi connectivity index (χ1) is 15.2. The van der Waals surface area contributed by atoms with Crippen LogP contribution in [-0.2, 0) is 22.6 Å². The molecule has 2 N–H and O–H groups in total. The second-order valence-electron chi connectivity index (χ2n) is 7.03. The fourth-order valence-electron chi connectivity index (χ4n) is 3.45. The van der Waals surface area contributed by atoms with Gasteiger partial charge in [-0.05, 0) is 23.6 Å². The van der Waals surface area contributed by atoms with E-state index in [1.54, 1.807) is 18.4 Å². The number of carbonyl (C=O) groups is 1. The van der Waals surface area contributed by atoms with Crippen molar-refractivity contribution in [3.63, 3.8) is 0 Å². The lowest BCUT2D eigenvalue weighted by atomic mass is 10.1. The van der Waals surface area contributed by atoms with Gasteiger partial charge in [0.15, 0.2) is 5.82 Å². The second-order valence-corrected chi connectivity index (χ2v) is 7.89. The van der Waals surface area contributed by atoms with Gasteiger partial charge < -0.3 is 15.4 Å². The zero-order valence-electron chi connectivity index (χ0n) is 17.5. The number of ether oxygens (including phenoxy) is 1. The average Bonchev–Trinajstić information content (AvgIpc) is 3.23. The first-order valence-corrected chi connectivity index (χ1v) is 11.0. The second kappa shape index (κ2) is 9.68. The highest BCUT2D eigenvalue weighted by molar-refractivity contribution is 7.17. The summed E-state index contributed by atoms with van der Waals surface area (Å²) in [6.07, 6.45) is 0.853. The van der Waals surface area contributed by atoms with Gasteiger partial charge in [0.1, 0.15) is 17.3 Å². The molecule has 158 valence electrons. The van der Waals surface area contributed by atoms with Crippen LogP contribution in [0, 0.1) is 0 Å². The van der Waals surface area contributed by atoms with Gasteiger partial charge in [0.2, 0.25) is 5.91 Å². The summed E-state index contributed by atoms with van der Waals surface area (Å²) in [6.45, 7) is 2.47. The van der Waals surface area contributed by atoms with Gasteiger partial charge in [-0.2, -0.15) is 0 Å². The molecule has 2 aromatic heterocycles. The lowest BCUT2D eigenvalue weighted by molar-refractivity contribution is -0.114. The highest BCUT2D eigenvalue weighted by Gasteiger charge is 2.16. The van der Waals surface area contributed by atoms with E-state index >= 15 is 0 Å². The van der Waals surface area contributed by atoms with Crippen LogP contribution in [0.5, 0.6) is 0 Å². The number of para-hydroxylation sites is 1. The predicted octanol–water partition coefficient (Wildman–Crippen LogP) is 5.12. The summed E-state index contributed by atoms with van der Waals surface area (Å²) in [5, 5.41) is 9.21. The monoisotopic (exact) mass is 432 g/mol. The number of hydrogen-bond acceptors (Lipinski definition) is 6. The van der Waals surface area contributed by atoms with Crippen molar-refractivity contribution in [1.29, 1.82) is 0 Å². The van der Waals surface area contributed by atoms with Crippen molar-refractivity contribution < 1.29 is 9.53 Å². The van der Waals surface area contributed by atoms with Crippen LogP contribution in [0.1, 0.15) is 18.3 Å². The topological polar surface area (TPSA) is 76.1 Å². The average molecular weight is 433 g/mol. The van der Waals surface area contributed by atoms with Gasteiger partial charge in [-0.15, -0.1) is 11.3 Å². The summed E-state index contributed by atoms with van der Waals surface area (Å²) in [7, 11) is 1.61. The first kappa shape index (κ1) is 21.0. The maximum absolute atomic E-state index is 12.7. The van der Waals surface area contributed by atoms with Crippen LogP contribution in [-0.4, -0.2) is 29.5 Å². The Balaban J connectivity index is 1.62. The van der Waals surface area contributed by atoms with E-state index in [1.165, 1.54) is 0 Å². The minimum absolute atomic E-state index is 0.0979. The van der Waals surface area contributed by atoms with E-state index in [0.717, 1.165) is 39.0 Å². The molecule has 0 atom stereocenters. The Morgan fingerprint density at radius 1 is 1.06 bits per heavy atom. The van der Waals surface area contributed by atoms with E-state index in [9.17, 15) is 4.79 Å². The molecule has 7 heteroatoms. The molecule has 0 aliphatic heterocycles. The Kier molecular flexibility index (Phi) is 6.54. The normalized spacial score (nSPS) is 10.9. The van der Waals surface area contributed by atoms with Crippen molar-refractivity contribution in [1.82, 2.24) is 9.97 Å². The van der Waals surface area contributed by atoms with Crippen LogP contribution in [0.25, 0.3) is 21.3 Å². The van der Waals surface area contributed by atoms with Crippen LogP contribution >= 0.6 is 11.3 Å². The van der Waals surface area contributed by atoms with Crippen molar-refractivity contribution in [3.8, 4) is 11.1 Å². The van der Waals surface area contributed by atoms with Gasteiger partial charge in [0, 0.05) is 23.7 Å². The summed E-state index contributed by atoms with van der Waals surface area (Å²) in [4.78, 5) is 22.8. The number of thiophene rings is 1. The van der Waals surface area contributed by atoms with Crippen LogP contribution in [0.2, 0.25) is 0 Å². The van der Waals surface area contributed by atoms with Gasteiger partial charge in [0.25, 0.3) is 0 Å². The third kappa shape index (κ3) is 4.73. The largest absolute Gasteiger partial charge is 0.377 e. The Hall–Kier alpha value is -3.29. The Morgan fingerprint density at radius 2 is 1.84 bits per heavy atom. The van der Waals surface area contributed by atoms with Gasteiger partial charge >= 0.3 is 0 Å². The number of amides is 1. The molecular formula is C24H24N4O2S. The Bertz CT molecular complexity index is 1190. The van der Waals surface area contributed by atoms with E-state index in [0.29, 0.717) is 18.2 Å². The minimum atomic E-state index is -0.127. The summed E-state index contributed by atoms with van der Waals surface area (Å²) in [5.41, 5.74) is 4.07. The molecule has 0 radical (unpaired) electrons. The number of carbonyl (C=O) groups excluding carboxylic acids is 1. The Morgan fingerprint density at radius 3 is 2.61 bits per heavy atom. The van der Waals surface area contributed by atoms with Crippen molar-refractivity contribution in [2.24, 2.45) is 0 Å². The molecule has 0 spiro atoms. The molecule has 31 heavy (non-hydrogen) atoms. The van der Waals surface area contributed by atoms with E-state index in [-0.39, 0.29) is 12.5 Å². The van der Waals surface area contributed by atoms with E-state index in [2.05, 4.69) is 45.0 Å². The summed E-state index contributed by atoms with van der Waals surface area (Å²) < 4.78 is 5.23. The van der Waals surface area contributed by atoms with Gasteiger partial charge in [-0.1, -0.05) is 55.5 Å². The first-order valence-electron chi connectivity index (χ1n) is 10.1. The third-order valence-electron chi connectivity index (χ3n) is 4.93.